The first-order valence-corrected chi connectivity index (χ1v) is 7.70. The van der Waals surface area contributed by atoms with Crippen LogP contribution in [-0.2, 0) is 0 Å². The highest BCUT2D eigenvalue weighted by molar-refractivity contribution is 6.69. The fraction of sp³-hybridized carbons (Fsp3) is 0.882. The molecule has 2 atom stereocenters. The maximum atomic E-state index is 2.43. The van der Waals surface area contributed by atoms with Crippen LogP contribution in [0.25, 0.3) is 0 Å². The monoisotopic (exact) mass is 250 g/mol. The van der Waals surface area contributed by atoms with E-state index in [1.807, 2.05) is 0 Å². The summed E-state index contributed by atoms with van der Waals surface area (Å²) >= 11 is 0. The smallest absolute Gasteiger partial charge is 0.0995 e. The van der Waals surface area contributed by atoms with Crippen molar-refractivity contribution in [2.24, 2.45) is 17.3 Å². The fourth-order valence-electron chi connectivity index (χ4n) is 3.00. The van der Waals surface area contributed by atoms with E-state index < -0.39 is 0 Å². The van der Waals surface area contributed by atoms with Gasteiger partial charge in [-0.2, -0.15) is 0 Å². The molecule has 0 saturated carbocycles. The van der Waals surface area contributed by atoms with Gasteiger partial charge in [0.1, 0.15) is 0 Å². The van der Waals surface area contributed by atoms with E-state index in [2.05, 4.69) is 75.3 Å². The van der Waals surface area contributed by atoms with Crippen molar-refractivity contribution < 1.29 is 0 Å². The minimum atomic E-state index is 0.283. The van der Waals surface area contributed by atoms with E-state index in [1.54, 1.807) is 5.47 Å². The van der Waals surface area contributed by atoms with Gasteiger partial charge in [0.15, 0.2) is 6.71 Å². The molecule has 0 N–H and O–H groups in total. The van der Waals surface area contributed by atoms with Crippen molar-refractivity contribution in [3.63, 3.8) is 0 Å². The highest BCUT2D eigenvalue weighted by Crippen LogP contribution is 2.42. The van der Waals surface area contributed by atoms with E-state index in [0.29, 0.717) is 6.71 Å². The van der Waals surface area contributed by atoms with Crippen molar-refractivity contribution in [1.82, 2.24) is 0 Å². The summed E-state index contributed by atoms with van der Waals surface area (Å²) in [5, 5.41) is 0. The van der Waals surface area contributed by atoms with E-state index in [-0.39, 0.29) is 5.41 Å². The zero-order chi connectivity index (χ0) is 14.7. The molecule has 0 bridgehead atoms. The van der Waals surface area contributed by atoms with Crippen LogP contribution < -0.4 is 0 Å². The summed E-state index contributed by atoms with van der Waals surface area (Å²) in [7, 11) is 0. The molecule has 0 aliphatic carbocycles. The van der Waals surface area contributed by atoms with E-state index >= 15 is 0 Å². The molecule has 0 spiro atoms. The molecule has 2 unspecified atom stereocenters. The van der Waals surface area contributed by atoms with Crippen LogP contribution in [0.4, 0.5) is 0 Å². The second kappa shape index (κ2) is 6.82. The molecular weight excluding hydrogens is 215 g/mol. The van der Waals surface area contributed by atoms with Crippen LogP contribution in [0.5, 0.6) is 0 Å². The lowest BCUT2D eigenvalue weighted by molar-refractivity contribution is 0.503. The molecule has 0 saturated heterocycles. The SMILES string of the molecule is C/C=C(/B(C(C)C(C)C)C(C)C(C)C)C(C)(C)C. The molecule has 0 nitrogen and oxygen atoms in total. The van der Waals surface area contributed by atoms with Crippen molar-refractivity contribution in [2.45, 2.75) is 80.9 Å². The lowest BCUT2D eigenvalue weighted by Gasteiger charge is -2.38. The van der Waals surface area contributed by atoms with Gasteiger partial charge in [0.05, 0.1) is 0 Å². The Balaban J connectivity index is 5.47. The number of hydrogen-bond donors (Lipinski definition) is 0. The topological polar surface area (TPSA) is 0 Å². The predicted molar refractivity (Wildman–Crippen MR) is 87.5 cm³/mol. The van der Waals surface area contributed by atoms with Crippen LogP contribution in [0.1, 0.15) is 69.2 Å². The Hall–Kier alpha value is -0.195. The van der Waals surface area contributed by atoms with E-state index in [9.17, 15) is 0 Å². The zero-order valence-corrected chi connectivity index (χ0v) is 14.5. The van der Waals surface area contributed by atoms with Crippen molar-refractivity contribution in [2.75, 3.05) is 0 Å². The molecule has 0 fully saturated rings. The molecule has 18 heavy (non-hydrogen) atoms. The summed E-state index contributed by atoms with van der Waals surface area (Å²) in [6, 6.07) is 0. The molecule has 0 aromatic heterocycles. The number of allylic oxidation sites excluding steroid dienone is 2. The van der Waals surface area contributed by atoms with E-state index in [4.69, 9.17) is 0 Å². The van der Waals surface area contributed by atoms with Gasteiger partial charge in [0.2, 0.25) is 0 Å². The quantitative estimate of drug-likeness (QED) is 0.517. The third kappa shape index (κ3) is 4.48. The van der Waals surface area contributed by atoms with Crippen molar-refractivity contribution in [3.8, 4) is 0 Å². The van der Waals surface area contributed by atoms with Gasteiger partial charge in [-0.15, -0.1) is 0 Å². The maximum Gasteiger partial charge on any atom is 0.177 e. The first kappa shape index (κ1) is 17.8. The zero-order valence-electron chi connectivity index (χ0n) is 14.5. The fourth-order valence-corrected chi connectivity index (χ4v) is 3.00. The first-order chi connectivity index (χ1) is 8.03. The Labute approximate surface area is 117 Å². The lowest BCUT2D eigenvalue weighted by atomic mass is 9.25. The van der Waals surface area contributed by atoms with Crippen molar-refractivity contribution >= 4 is 6.71 Å². The predicted octanol–water partition coefficient (Wildman–Crippen LogP) is 6.11. The molecule has 0 rings (SSSR count). The van der Waals surface area contributed by atoms with Crippen LogP contribution in [0.2, 0.25) is 11.6 Å². The first-order valence-electron chi connectivity index (χ1n) is 7.70. The Morgan fingerprint density at radius 2 is 1.17 bits per heavy atom. The minimum absolute atomic E-state index is 0.283. The standard InChI is InChI=1S/C17H35B/c1-11-16(17(8,9)10)18(14(6)12(2)3)15(7)13(4)5/h11-15H,1-10H3/b16-11+. The highest BCUT2D eigenvalue weighted by Gasteiger charge is 2.37. The Morgan fingerprint density at radius 1 is 0.833 bits per heavy atom. The van der Waals surface area contributed by atoms with Gasteiger partial charge >= 0.3 is 0 Å². The average Bonchev–Trinajstić information content (AvgIpc) is 2.21. The van der Waals surface area contributed by atoms with Crippen LogP contribution in [-0.4, -0.2) is 6.71 Å². The molecule has 0 heterocycles. The summed E-state index contributed by atoms with van der Waals surface area (Å²) in [5.41, 5.74) is 1.93. The molecule has 0 amide bonds. The molecule has 0 radical (unpaired) electrons. The summed E-state index contributed by atoms with van der Waals surface area (Å²) in [4.78, 5) is 0. The van der Waals surface area contributed by atoms with E-state index in [0.717, 1.165) is 23.5 Å². The average molecular weight is 250 g/mol. The van der Waals surface area contributed by atoms with E-state index in [1.165, 1.54) is 0 Å². The van der Waals surface area contributed by atoms with Crippen LogP contribution in [0.3, 0.4) is 0 Å². The number of hydrogen-bond acceptors (Lipinski definition) is 0. The van der Waals surface area contributed by atoms with Crippen molar-refractivity contribution in [3.05, 3.63) is 11.5 Å². The molecule has 1 heteroatoms. The normalized spacial score (nSPS) is 17.2. The summed E-state index contributed by atoms with van der Waals surface area (Å²) in [6.45, 7) is 24.3. The third-order valence-electron chi connectivity index (χ3n) is 4.77. The van der Waals surface area contributed by atoms with Gasteiger partial charge in [-0.3, -0.25) is 0 Å². The van der Waals surface area contributed by atoms with Gasteiger partial charge in [-0.1, -0.05) is 97.3 Å². The van der Waals surface area contributed by atoms with Gasteiger partial charge in [0, 0.05) is 0 Å². The largest absolute Gasteiger partial charge is 0.177 e. The molecule has 0 aliphatic heterocycles. The highest BCUT2D eigenvalue weighted by atomic mass is 14.2. The molecule has 0 aromatic rings. The Kier molecular flexibility index (Phi) is 6.75. The van der Waals surface area contributed by atoms with Crippen LogP contribution in [0, 0.1) is 17.3 Å². The molecule has 0 aromatic carbocycles. The molecule has 0 aliphatic rings. The van der Waals surface area contributed by atoms with Crippen LogP contribution >= 0.6 is 0 Å². The Bertz CT molecular complexity index is 254. The minimum Gasteiger partial charge on any atom is -0.0995 e. The Morgan fingerprint density at radius 3 is 1.33 bits per heavy atom. The van der Waals surface area contributed by atoms with Crippen LogP contribution in [0.15, 0.2) is 11.5 Å². The van der Waals surface area contributed by atoms with Crippen molar-refractivity contribution in [1.29, 1.82) is 0 Å². The van der Waals surface area contributed by atoms with Gasteiger partial charge in [-0.05, 0) is 12.3 Å². The lowest BCUT2D eigenvalue weighted by Crippen LogP contribution is -2.37. The number of rotatable bonds is 5. The van der Waals surface area contributed by atoms with Gasteiger partial charge < -0.3 is 0 Å². The molecular formula is C17H35B. The molecule has 106 valence electrons. The van der Waals surface area contributed by atoms with Gasteiger partial charge in [-0.25, -0.2) is 0 Å². The van der Waals surface area contributed by atoms with Gasteiger partial charge in [0.25, 0.3) is 0 Å². The summed E-state index contributed by atoms with van der Waals surface area (Å²) in [5.74, 6) is 2.97. The maximum absolute atomic E-state index is 2.43. The third-order valence-corrected chi connectivity index (χ3v) is 4.77. The summed E-state index contributed by atoms with van der Waals surface area (Å²) in [6.07, 6.45) is 2.38. The second-order valence-corrected chi connectivity index (χ2v) is 7.73. The summed E-state index contributed by atoms with van der Waals surface area (Å²) < 4.78 is 0. The second-order valence-electron chi connectivity index (χ2n) is 7.73.